The SMILES string of the molecule is Cc1cc2c(cc1N)N(CCOCC(F)(F)F)CC2. The average Bonchev–Trinajstić information content (AvgIpc) is 2.67. The average molecular weight is 274 g/mol. The van der Waals surface area contributed by atoms with Crippen molar-refractivity contribution in [3.05, 3.63) is 23.3 Å². The molecule has 0 aliphatic carbocycles. The highest BCUT2D eigenvalue weighted by atomic mass is 19.4. The number of hydrogen-bond acceptors (Lipinski definition) is 3. The van der Waals surface area contributed by atoms with Crippen LogP contribution in [0.15, 0.2) is 12.1 Å². The Hall–Kier alpha value is -1.43. The van der Waals surface area contributed by atoms with Crippen molar-refractivity contribution in [2.75, 3.05) is 36.9 Å². The van der Waals surface area contributed by atoms with Crippen molar-refractivity contribution in [2.45, 2.75) is 19.5 Å². The van der Waals surface area contributed by atoms with Gasteiger partial charge in [-0.2, -0.15) is 13.2 Å². The lowest BCUT2D eigenvalue weighted by Gasteiger charge is -2.20. The lowest BCUT2D eigenvalue weighted by molar-refractivity contribution is -0.173. The summed E-state index contributed by atoms with van der Waals surface area (Å²) in [4.78, 5) is 2.02. The Morgan fingerprint density at radius 1 is 1.37 bits per heavy atom. The number of anilines is 2. The van der Waals surface area contributed by atoms with Crippen LogP contribution in [0.4, 0.5) is 24.5 Å². The third-order valence-electron chi connectivity index (χ3n) is 3.23. The van der Waals surface area contributed by atoms with Gasteiger partial charge >= 0.3 is 6.18 Å². The first-order valence-electron chi connectivity index (χ1n) is 6.15. The molecule has 6 heteroatoms. The van der Waals surface area contributed by atoms with Gasteiger partial charge in [0.25, 0.3) is 0 Å². The Labute approximate surface area is 110 Å². The van der Waals surface area contributed by atoms with E-state index in [9.17, 15) is 13.2 Å². The van der Waals surface area contributed by atoms with Gasteiger partial charge in [0.2, 0.25) is 0 Å². The highest BCUT2D eigenvalue weighted by molar-refractivity contribution is 5.67. The molecule has 0 saturated heterocycles. The zero-order valence-electron chi connectivity index (χ0n) is 10.8. The molecule has 1 aromatic rings. The van der Waals surface area contributed by atoms with E-state index in [2.05, 4.69) is 4.74 Å². The number of nitrogens with zero attached hydrogens (tertiary/aromatic N) is 1. The third kappa shape index (κ3) is 3.53. The quantitative estimate of drug-likeness (QED) is 0.677. The molecule has 1 aromatic carbocycles. The maximum absolute atomic E-state index is 11.9. The second kappa shape index (κ2) is 5.28. The molecule has 106 valence electrons. The Morgan fingerprint density at radius 2 is 2.11 bits per heavy atom. The summed E-state index contributed by atoms with van der Waals surface area (Å²) in [7, 11) is 0. The zero-order chi connectivity index (χ0) is 14.0. The minimum atomic E-state index is -4.26. The van der Waals surface area contributed by atoms with Crippen LogP contribution >= 0.6 is 0 Å². The minimum Gasteiger partial charge on any atom is -0.398 e. The third-order valence-corrected chi connectivity index (χ3v) is 3.23. The fourth-order valence-corrected chi connectivity index (χ4v) is 2.24. The van der Waals surface area contributed by atoms with Crippen LogP contribution in [0.5, 0.6) is 0 Å². The van der Waals surface area contributed by atoms with Gasteiger partial charge in [0.1, 0.15) is 6.61 Å². The smallest absolute Gasteiger partial charge is 0.398 e. The van der Waals surface area contributed by atoms with Crippen molar-refractivity contribution < 1.29 is 17.9 Å². The van der Waals surface area contributed by atoms with Crippen LogP contribution in [0.1, 0.15) is 11.1 Å². The number of ether oxygens (including phenoxy) is 1. The molecule has 0 saturated carbocycles. The maximum atomic E-state index is 11.9. The van der Waals surface area contributed by atoms with E-state index in [0.29, 0.717) is 12.2 Å². The second-order valence-corrected chi connectivity index (χ2v) is 4.74. The van der Waals surface area contributed by atoms with Gasteiger partial charge in [-0.15, -0.1) is 0 Å². The Balaban J connectivity index is 1.90. The Morgan fingerprint density at radius 3 is 2.79 bits per heavy atom. The largest absolute Gasteiger partial charge is 0.411 e. The summed E-state index contributed by atoms with van der Waals surface area (Å²) in [5.41, 5.74) is 9.82. The predicted molar refractivity (Wildman–Crippen MR) is 68.4 cm³/mol. The topological polar surface area (TPSA) is 38.5 Å². The first-order chi connectivity index (χ1) is 8.87. The van der Waals surface area contributed by atoms with E-state index in [1.807, 2.05) is 24.0 Å². The van der Waals surface area contributed by atoms with Crippen LogP contribution in [0.3, 0.4) is 0 Å². The number of halogens is 3. The van der Waals surface area contributed by atoms with Crippen molar-refractivity contribution in [1.29, 1.82) is 0 Å². The molecule has 0 spiro atoms. The van der Waals surface area contributed by atoms with Crippen LogP contribution in [0.2, 0.25) is 0 Å². The summed E-state index contributed by atoms with van der Waals surface area (Å²) < 4.78 is 40.4. The van der Waals surface area contributed by atoms with Crippen LogP contribution < -0.4 is 10.6 Å². The van der Waals surface area contributed by atoms with Crippen molar-refractivity contribution in [2.24, 2.45) is 0 Å². The van der Waals surface area contributed by atoms with Gasteiger partial charge in [0, 0.05) is 24.5 Å². The highest BCUT2D eigenvalue weighted by Gasteiger charge is 2.27. The molecular weight excluding hydrogens is 257 g/mol. The molecule has 0 bridgehead atoms. The van der Waals surface area contributed by atoms with Gasteiger partial charge in [-0.3, -0.25) is 0 Å². The standard InChI is InChI=1S/C13H17F3N2O/c1-9-6-10-2-3-18(12(10)7-11(9)17)4-5-19-8-13(14,15)16/h6-7H,2-5,8,17H2,1H3. The molecule has 1 aliphatic rings. The van der Waals surface area contributed by atoms with Crippen molar-refractivity contribution in [3.8, 4) is 0 Å². The molecule has 2 N–H and O–H groups in total. The van der Waals surface area contributed by atoms with Gasteiger partial charge in [0.05, 0.1) is 6.61 Å². The molecule has 0 aromatic heterocycles. The number of nitrogens with two attached hydrogens (primary N) is 1. The highest BCUT2D eigenvalue weighted by Crippen LogP contribution is 2.31. The zero-order valence-corrected chi connectivity index (χ0v) is 10.8. The van der Waals surface area contributed by atoms with E-state index < -0.39 is 12.8 Å². The molecule has 1 heterocycles. The molecular formula is C13H17F3N2O. The summed E-state index contributed by atoms with van der Waals surface area (Å²) in [5, 5.41) is 0. The first kappa shape index (κ1) is 14.0. The van der Waals surface area contributed by atoms with Crippen molar-refractivity contribution in [1.82, 2.24) is 0 Å². The Bertz CT molecular complexity index is 460. The predicted octanol–water partition coefficient (Wildman–Crippen LogP) is 2.52. The number of benzene rings is 1. The summed E-state index contributed by atoms with van der Waals surface area (Å²) in [5.74, 6) is 0. The summed E-state index contributed by atoms with van der Waals surface area (Å²) in [6.07, 6.45) is -3.36. The van der Waals surface area contributed by atoms with Crippen LogP contribution in [0, 0.1) is 6.92 Å². The molecule has 2 rings (SSSR count). The van der Waals surface area contributed by atoms with Gasteiger partial charge < -0.3 is 15.4 Å². The van der Waals surface area contributed by atoms with Gasteiger partial charge in [-0.05, 0) is 30.5 Å². The molecule has 0 amide bonds. The first-order valence-corrected chi connectivity index (χ1v) is 6.15. The molecule has 0 unspecified atom stereocenters. The summed E-state index contributed by atoms with van der Waals surface area (Å²) >= 11 is 0. The summed E-state index contributed by atoms with van der Waals surface area (Å²) in [6.45, 7) is 2.07. The maximum Gasteiger partial charge on any atom is 0.411 e. The van der Waals surface area contributed by atoms with Gasteiger partial charge in [-0.1, -0.05) is 6.07 Å². The molecule has 19 heavy (non-hydrogen) atoms. The number of hydrogen-bond donors (Lipinski definition) is 1. The van der Waals surface area contributed by atoms with E-state index >= 15 is 0 Å². The monoisotopic (exact) mass is 274 g/mol. The molecule has 0 radical (unpaired) electrons. The Kier molecular flexibility index (Phi) is 3.89. The van der Waals surface area contributed by atoms with Crippen molar-refractivity contribution in [3.63, 3.8) is 0 Å². The lowest BCUT2D eigenvalue weighted by Crippen LogP contribution is -2.27. The molecule has 3 nitrogen and oxygen atoms in total. The lowest BCUT2D eigenvalue weighted by atomic mass is 10.1. The number of alkyl halides is 3. The minimum absolute atomic E-state index is 0.0622. The fourth-order valence-electron chi connectivity index (χ4n) is 2.24. The fraction of sp³-hybridized carbons (Fsp3) is 0.538. The number of aryl methyl sites for hydroxylation is 1. The number of nitrogen functional groups attached to an aromatic ring is 1. The van der Waals surface area contributed by atoms with Gasteiger partial charge in [0.15, 0.2) is 0 Å². The van der Waals surface area contributed by atoms with Crippen LogP contribution in [0.25, 0.3) is 0 Å². The van der Waals surface area contributed by atoms with Gasteiger partial charge in [-0.25, -0.2) is 0 Å². The normalized spacial score (nSPS) is 14.8. The van der Waals surface area contributed by atoms with E-state index in [4.69, 9.17) is 5.73 Å². The van der Waals surface area contributed by atoms with E-state index in [1.54, 1.807) is 0 Å². The van der Waals surface area contributed by atoms with E-state index in [-0.39, 0.29) is 6.61 Å². The van der Waals surface area contributed by atoms with E-state index in [1.165, 1.54) is 5.56 Å². The van der Waals surface area contributed by atoms with Crippen molar-refractivity contribution >= 4 is 11.4 Å². The summed E-state index contributed by atoms with van der Waals surface area (Å²) in [6, 6.07) is 3.93. The molecule has 0 fully saturated rings. The second-order valence-electron chi connectivity index (χ2n) is 4.74. The van der Waals surface area contributed by atoms with E-state index in [0.717, 1.165) is 24.2 Å². The molecule has 1 aliphatic heterocycles. The number of rotatable bonds is 4. The number of fused-ring (bicyclic) bond motifs is 1. The molecule has 0 atom stereocenters. The van der Waals surface area contributed by atoms with Crippen LogP contribution in [-0.2, 0) is 11.2 Å². The van der Waals surface area contributed by atoms with Crippen LogP contribution in [-0.4, -0.2) is 32.5 Å².